The van der Waals surface area contributed by atoms with Gasteiger partial charge in [0.05, 0.1) is 17.9 Å². The zero-order valence-electron chi connectivity index (χ0n) is 17.0. The Morgan fingerprint density at radius 2 is 2.03 bits per heavy atom. The number of aromatic nitrogens is 4. The predicted molar refractivity (Wildman–Crippen MR) is 115 cm³/mol. The lowest BCUT2D eigenvalue weighted by Gasteiger charge is -2.24. The SMILES string of the molecule is O=C(Nc1cccc2c1CCC2)c1nnn(Cc2ccccn2)c1C1CCNCC1. The van der Waals surface area contributed by atoms with Gasteiger partial charge in [0, 0.05) is 17.8 Å². The molecule has 0 atom stereocenters. The molecule has 1 saturated heterocycles. The Labute approximate surface area is 175 Å². The summed E-state index contributed by atoms with van der Waals surface area (Å²) < 4.78 is 1.86. The molecule has 2 N–H and O–H groups in total. The molecule has 30 heavy (non-hydrogen) atoms. The van der Waals surface area contributed by atoms with Crippen molar-refractivity contribution >= 4 is 11.6 Å². The largest absolute Gasteiger partial charge is 0.320 e. The summed E-state index contributed by atoms with van der Waals surface area (Å²) >= 11 is 0. The average Bonchev–Trinajstić information content (AvgIpc) is 3.43. The van der Waals surface area contributed by atoms with E-state index in [2.05, 4.69) is 32.0 Å². The quantitative estimate of drug-likeness (QED) is 0.685. The summed E-state index contributed by atoms with van der Waals surface area (Å²) in [5.41, 5.74) is 5.77. The van der Waals surface area contributed by atoms with Crippen LogP contribution < -0.4 is 10.6 Å². The van der Waals surface area contributed by atoms with Crippen molar-refractivity contribution in [1.82, 2.24) is 25.3 Å². The van der Waals surface area contributed by atoms with Crippen LogP contribution in [0.25, 0.3) is 0 Å². The third-order valence-electron chi connectivity index (χ3n) is 6.15. The molecular weight excluding hydrogens is 376 g/mol. The molecule has 7 heteroatoms. The molecule has 154 valence electrons. The molecule has 5 rings (SSSR count). The summed E-state index contributed by atoms with van der Waals surface area (Å²) in [6.07, 6.45) is 6.95. The molecule has 1 fully saturated rings. The number of carbonyl (C=O) groups is 1. The summed E-state index contributed by atoms with van der Waals surface area (Å²) in [7, 11) is 0. The van der Waals surface area contributed by atoms with E-state index in [-0.39, 0.29) is 11.8 Å². The molecule has 1 aliphatic heterocycles. The van der Waals surface area contributed by atoms with Crippen LogP contribution in [0.4, 0.5) is 5.69 Å². The van der Waals surface area contributed by atoms with Crippen molar-refractivity contribution in [2.45, 2.75) is 44.6 Å². The first-order valence-electron chi connectivity index (χ1n) is 10.8. The van der Waals surface area contributed by atoms with E-state index in [1.54, 1.807) is 6.20 Å². The van der Waals surface area contributed by atoms with E-state index in [9.17, 15) is 4.79 Å². The zero-order chi connectivity index (χ0) is 20.3. The fourth-order valence-electron chi connectivity index (χ4n) is 4.66. The molecule has 1 amide bonds. The molecule has 2 aliphatic rings. The molecule has 3 heterocycles. The van der Waals surface area contributed by atoms with Crippen molar-refractivity contribution in [3.63, 3.8) is 0 Å². The maximum absolute atomic E-state index is 13.3. The number of benzene rings is 1. The fraction of sp³-hybridized carbons (Fsp3) is 0.391. The molecule has 2 aromatic heterocycles. The number of hydrogen-bond donors (Lipinski definition) is 2. The average molecular weight is 403 g/mol. The van der Waals surface area contributed by atoms with E-state index in [4.69, 9.17) is 0 Å². The minimum atomic E-state index is -0.170. The minimum Gasteiger partial charge on any atom is -0.320 e. The van der Waals surface area contributed by atoms with Gasteiger partial charge in [0.1, 0.15) is 0 Å². The van der Waals surface area contributed by atoms with Gasteiger partial charge < -0.3 is 10.6 Å². The van der Waals surface area contributed by atoms with Crippen LogP contribution in [0.2, 0.25) is 0 Å². The van der Waals surface area contributed by atoms with Crippen molar-refractivity contribution in [1.29, 1.82) is 0 Å². The molecule has 1 aliphatic carbocycles. The van der Waals surface area contributed by atoms with Gasteiger partial charge in [-0.05, 0) is 74.5 Å². The normalized spacial score (nSPS) is 16.4. The predicted octanol–water partition coefficient (Wildman–Crippen LogP) is 2.93. The summed E-state index contributed by atoms with van der Waals surface area (Å²) in [6.45, 7) is 2.39. The van der Waals surface area contributed by atoms with E-state index in [0.717, 1.165) is 62.3 Å². The highest BCUT2D eigenvalue weighted by molar-refractivity contribution is 6.04. The Balaban J connectivity index is 1.46. The molecule has 3 aromatic rings. The zero-order valence-corrected chi connectivity index (χ0v) is 17.0. The molecule has 0 spiro atoms. The molecule has 7 nitrogen and oxygen atoms in total. The van der Waals surface area contributed by atoms with Gasteiger partial charge in [-0.2, -0.15) is 0 Å². The number of pyridine rings is 1. The van der Waals surface area contributed by atoms with E-state index in [1.807, 2.05) is 35.0 Å². The second-order valence-corrected chi connectivity index (χ2v) is 8.08. The van der Waals surface area contributed by atoms with Gasteiger partial charge in [-0.25, -0.2) is 4.68 Å². The number of rotatable bonds is 5. The highest BCUT2D eigenvalue weighted by atomic mass is 16.2. The second kappa shape index (κ2) is 8.36. The lowest BCUT2D eigenvalue weighted by molar-refractivity contribution is 0.102. The maximum Gasteiger partial charge on any atom is 0.278 e. The molecule has 1 aromatic carbocycles. The number of aryl methyl sites for hydroxylation is 1. The van der Waals surface area contributed by atoms with E-state index in [0.29, 0.717) is 12.2 Å². The lowest BCUT2D eigenvalue weighted by atomic mass is 9.92. The topological polar surface area (TPSA) is 84.7 Å². The lowest BCUT2D eigenvalue weighted by Crippen LogP contribution is -2.29. The smallest absolute Gasteiger partial charge is 0.278 e. The van der Waals surface area contributed by atoms with Crippen molar-refractivity contribution in [3.8, 4) is 0 Å². The van der Waals surface area contributed by atoms with Gasteiger partial charge in [-0.15, -0.1) is 5.10 Å². The molecule has 0 unspecified atom stereocenters. The van der Waals surface area contributed by atoms with Crippen LogP contribution >= 0.6 is 0 Å². The van der Waals surface area contributed by atoms with Gasteiger partial charge in [-0.3, -0.25) is 9.78 Å². The maximum atomic E-state index is 13.3. The van der Waals surface area contributed by atoms with Crippen LogP contribution in [0.1, 0.15) is 58.2 Å². The summed E-state index contributed by atoms with van der Waals surface area (Å²) in [4.78, 5) is 17.7. The molecule has 0 saturated carbocycles. The van der Waals surface area contributed by atoms with Gasteiger partial charge in [-0.1, -0.05) is 23.4 Å². The molecular formula is C23H26N6O. The first kappa shape index (κ1) is 18.9. The number of piperidine rings is 1. The highest BCUT2D eigenvalue weighted by Gasteiger charge is 2.29. The molecule has 0 radical (unpaired) electrons. The van der Waals surface area contributed by atoms with Gasteiger partial charge in [0.15, 0.2) is 5.69 Å². The standard InChI is InChI=1S/C23H26N6O/c30-23(26-20-9-4-6-16-5-3-8-19(16)20)21-22(17-10-13-24-14-11-17)29(28-27-21)15-18-7-1-2-12-25-18/h1-2,4,6-7,9,12,17,24H,3,5,8,10-11,13-15H2,(H,26,30). The first-order valence-corrected chi connectivity index (χ1v) is 10.8. The van der Waals surface area contributed by atoms with Crippen molar-refractivity contribution < 1.29 is 4.79 Å². The fourth-order valence-corrected chi connectivity index (χ4v) is 4.66. The number of amides is 1. The van der Waals surface area contributed by atoms with Crippen molar-refractivity contribution in [3.05, 3.63) is 70.8 Å². The number of nitrogens with one attached hydrogen (secondary N) is 2. The van der Waals surface area contributed by atoms with E-state index < -0.39 is 0 Å². The summed E-state index contributed by atoms with van der Waals surface area (Å²) in [5, 5.41) is 15.2. The number of anilines is 1. The monoisotopic (exact) mass is 402 g/mol. The van der Waals surface area contributed by atoms with Gasteiger partial charge in [0.2, 0.25) is 0 Å². The summed E-state index contributed by atoms with van der Waals surface area (Å²) in [6, 6.07) is 12.0. The summed E-state index contributed by atoms with van der Waals surface area (Å²) in [5.74, 6) is 0.0864. The van der Waals surface area contributed by atoms with E-state index in [1.165, 1.54) is 11.1 Å². The van der Waals surface area contributed by atoms with Crippen LogP contribution in [-0.2, 0) is 19.4 Å². The van der Waals surface area contributed by atoms with E-state index >= 15 is 0 Å². The Kier molecular flexibility index (Phi) is 5.27. The third-order valence-corrected chi connectivity index (χ3v) is 6.15. The second-order valence-electron chi connectivity index (χ2n) is 8.08. The third kappa shape index (κ3) is 3.73. The highest BCUT2D eigenvalue weighted by Crippen LogP contribution is 2.31. The number of nitrogens with zero attached hydrogens (tertiary/aromatic N) is 4. The number of fused-ring (bicyclic) bond motifs is 1. The first-order chi connectivity index (χ1) is 14.8. The number of hydrogen-bond acceptors (Lipinski definition) is 5. The van der Waals surface area contributed by atoms with Crippen molar-refractivity contribution in [2.24, 2.45) is 0 Å². The van der Waals surface area contributed by atoms with Crippen LogP contribution in [-0.4, -0.2) is 39.0 Å². The van der Waals surface area contributed by atoms with Crippen LogP contribution in [0.5, 0.6) is 0 Å². The van der Waals surface area contributed by atoms with Crippen LogP contribution in [0.15, 0.2) is 42.6 Å². The Hall–Kier alpha value is -3.06. The molecule has 0 bridgehead atoms. The Bertz CT molecular complexity index is 1040. The van der Waals surface area contributed by atoms with Crippen LogP contribution in [0.3, 0.4) is 0 Å². The Morgan fingerprint density at radius 1 is 1.13 bits per heavy atom. The van der Waals surface area contributed by atoms with Crippen molar-refractivity contribution in [2.75, 3.05) is 18.4 Å². The number of carbonyl (C=O) groups excluding carboxylic acids is 1. The minimum absolute atomic E-state index is 0.170. The van der Waals surface area contributed by atoms with Gasteiger partial charge >= 0.3 is 0 Å². The Morgan fingerprint density at radius 3 is 2.87 bits per heavy atom. The van der Waals surface area contributed by atoms with Crippen LogP contribution in [0, 0.1) is 0 Å². The van der Waals surface area contributed by atoms with Gasteiger partial charge in [0.25, 0.3) is 5.91 Å².